The lowest BCUT2D eigenvalue weighted by atomic mass is 10.1. The van der Waals surface area contributed by atoms with E-state index in [-0.39, 0.29) is 6.54 Å². The summed E-state index contributed by atoms with van der Waals surface area (Å²) in [7, 11) is 0. The molecule has 134 valence electrons. The van der Waals surface area contributed by atoms with Gasteiger partial charge in [0.05, 0.1) is 12.2 Å². The topological polar surface area (TPSA) is 84.7 Å². The van der Waals surface area contributed by atoms with Gasteiger partial charge in [-0.05, 0) is 59.7 Å². The average Bonchev–Trinajstić information content (AvgIpc) is 3.07. The lowest BCUT2D eigenvalue weighted by molar-refractivity contribution is 0.251. The van der Waals surface area contributed by atoms with Crippen molar-refractivity contribution in [2.75, 3.05) is 5.32 Å². The minimum Gasteiger partial charge on any atom is -0.330 e. The van der Waals surface area contributed by atoms with Gasteiger partial charge in [-0.1, -0.05) is 12.1 Å². The second-order valence-electron chi connectivity index (χ2n) is 5.68. The van der Waals surface area contributed by atoms with Crippen molar-refractivity contribution in [1.29, 1.82) is 0 Å². The van der Waals surface area contributed by atoms with E-state index >= 15 is 0 Å². The molecular formula is C17H16F2N6O. The second kappa shape index (κ2) is 7.26. The van der Waals surface area contributed by atoms with Gasteiger partial charge in [0.15, 0.2) is 5.82 Å². The number of carbonyl (C=O) groups excluding carboxylic acids is 1. The molecule has 9 heteroatoms. The standard InChI is InChI=1S/C17H16F2N6O/c1-10-6-7-12(8-11(10)2)25-15(22-23-24-25)9-20-17(26)21-16-13(18)4-3-5-14(16)19/h3-8H,9H2,1-2H3,(H2,20,21,26). The van der Waals surface area contributed by atoms with E-state index in [0.29, 0.717) is 5.82 Å². The highest BCUT2D eigenvalue weighted by atomic mass is 19.1. The molecule has 2 N–H and O–H groups in total. The predicted octanol–water partition coefficient (Wildman–Crippen LogP) is 2.88. The number of urea groups is 1. The maximum absolute atomic E-state index is 13.6. The number of hydrogen-bond acceptors (Lipinski definition) is 4. The monoisotopic (exact) mass is 358 g/mol. The summed E-state index contributed by atoms with van der Waals surface area (Å²) in [6, 6.07) is 8.27. The number of nitrogens with one attached hydrogen (secondary N) is 2. The Morgan fingerprint density at radius 1 is 1.12 bits per heavy atom. The van der Waals surface area contributed by atoms with Crippen molar-refractivity contribution >= 4 is 11.7 Å². The van der Waals surface area contributed by atoms with Crippen LogP contribution in [0.4, 0.5) is 19.3 Å². The SMILES string of the molecule is Cc1ccc(-n2nnnc2CNC(=O)Nc2c(F)cccc2F)cc1C. The minimum atomic E-state index is -0.861. The molecular weight excluding hydrogens is 342 g/mol. The van der Waals surface area contributed by atoms with Crippen molar-refractivity contribution in [3.63, 3.8) is 0 Å². The summed E-state index contributed by atoms with van der Waals surface area (Å²) < 4.78 is 28.6. The molecule has 0 bridgehead atoms. The van der Waals surface area contributed by atoms with E-state index in [0.717, 1.165) is 28.9 Å². The quantitative estimate of drug-likeness (QED) is 0.751. The Bertz CT molecular complexity index is 936. The number of tetrazole rings is 1. The molecule has 0 aliphatic heterocycles. The summed E-state index contributed by atoms with van der Waals surface area (Å²) in [6.45, 7) is 3.94. The van der Waals surface area contributed by atoms with Crippen LogP contribution in [0.3, 0.4) is 0 Å². The fraction of sp³-hybridized carbons (Fsp3) is 0.176. The Kier molecular flexibility index (Phi) is 4.87. The Hall–Kier alpha value is -3.36. The molecule has 0 saturated carbocycles. The molecule has 0 fully saturated rings. The van der Waals surface area contributed by atoms with E-state index in [1.165, 1.54) is 10.7 Å². The second-order valence-corrected chi connectivity index (χ2v) is 5.68. The number of carbonyl (C=O) groups is 1. The van der Waals surface area contributed by atoms with Crippen LogP contribution >= 0.6 is 0 Å². The number of anilines is 1. The van der Waals surface area contributed by atoms with E-state index in [1.54, 1.807) is 0 Å². The third-order valence-corrected chi connectivity index (χ3v) is 3.88. The molecule has 26 heavy (non-hydrogen) atoms. The lowest BCUT2D eigenvalue weighted by Gasteiger charge is -2.10. The highest BCUT2D eigenvalue weighted by Crippen LogP contribution is 2.18. The fourth-order valence-corrected chi connectivity index (χ4v) is 2.31. The molecule has 2 amide bonds. The Morgan fingerprint density at radius 3 is 2.54 bits per heavy atom. The minimum absolute atomic E-state index is 0.0260. The largest absolute Gasteiger partial charge is 0.330 e. The highest BCUT2D eigenvalue weighted by Gasteiger charge is 2.14. The van der Waals surface area contributed by atoms with Crippen molar-refractivity contribution in [2.24, 2.45) is 0 Å². The Balaban J connectivity index is 1.70. The van der Waals surface area contributed by atoms with Gasteiger partial charge in [0.2, 0.25) is 0 Å². The van der Waals surface area contributed by atoms with E-state index in [9.17, 15) is 13.6 Å². The van der Waals surface area contributed by atoms with E-state index in [2.05, 4.69) is 26.2 Å². The molecule has 0 unspecified atom stereocenters. The van der Waals surface area contributed by atoms with Gasteiger partial charge < -0.3 is 10.6 Å². The van der Waals surface area contributed by atoms with Crippen molar-refractivity contribution in [1.82, 2.24) is 25.5 Å². The van der Waals surface area contributed by atoms with Gasteiger partial charge >= 0.3 is 6.03 Å². The lowest BCUT2D eigenvalue weighted by Crippen LogP contribution is -2.30. The number of aromatic nitrogens is 4. The van der Waals surface area contributed by atoms with E-state index < -0.39 is 23.4 Å². The number of aryl methyl sites for hydroxylation is 2. The zero-order chi connectivity index (χ0) is 18.7. The van der Waals surface area contributed by atoms with Crippen molar-refractivity contribution in [2.45, 2.75) is 20.4 Å². The summed E-state index contributed by atoms with van der Waals surface area (Å²) in [6.07, 6.45) is 0. The molecule has 1 aromatic heterocycles. The van der Waals surface area contributed by atoms with Crippen molar-refractivity contribution in [3.05, 3.63) is 65.0 Å². The molecule has 1 heterocycles. The molecule has 3 rings (SSSR count). The first-order valence-electron chi connectivity index (χ1n) is 7.79. The zero-order valence-corrected chi connectivity index (χ0v) is 14.1. The van der Waals surface area contributed by atoms with Crippen LogP contribution in [0.1, 0.15) is 17.0 Å². The first kappa shape index (κ1) is 17.5. The number of hydrogen-bond donors (Lipinski definition) is 2. The Morgan fingerprint density at radius 2 is 1.85 bits per heavy atom. The van der Waals surface area contributed by atoms with Crippen LogP contribution in [0.25, 0.3) is 5.69 Å². The highest BCUT2D eigenvalue weighted by molar-refractivity contribution is 5.89. The number of halogens is 2. The van der Waals surface area contributed by atoms with Gasteiger partial charge in [-0.3, -0.25) is 0 Å². The maximum Gasteiger partial charge on any atom is 0.319 e. The maximum atomic E-state index is 13.6. The summed E-state index contributed by atoms with van der Waals surface area (Å²) in [4.78, 5) is 11.9. The third kappa shape index (κ3) is 3.66. The van der Waals surface area contributed by atoms with Crippen LogP contribution in [0.15, 0.2) is 36.4 Å². The van der Waals surface area contributed by atoms with E-state index in [1.807, 2.05) is 32.0 Å². The van der Waals surface area contributed by atoms with Crippen LogP contribution in [0.2, 0.25) is 0 Å². The number of benzene rings is 2. The molecule has 3 aromatic rings. The van der Waals surface area contributed by atoms with Crippen LogP contribution < -0.4 is 10.6 Å². The summed E-state index contributed by atoms with van der Waals surface area (Å²) in [5, 5.41) is 16.0. The zero-order valence-electron chi connectivity index (χ0n) is 14.1. The van der Waals surface area contributed by atoms with Crippen LogP contribution in [-0.4, -0.2) is 26.2 Å². The van der Waals surface area contributed by atoms with Gasteiger partial charge in [0.1, 0.15) is 17.3 Å². The molecule has 0 saturated heterocycles. The van der Waals surface area contributed by atoms with E-state index in [4.69, 9.17) is 0 Å². The number of nitrogens with zero attached hydrogens (tertiary/aromatic N) is 4. The predicted molar refractivity (Wildman–Crippen MR) is 90.8 cm³/mol. The number of para-hydroxylation sites is 1. The molecule has 2 aromatic carbocycles. The van der Waals surface area contributed by atoms with Crippen molar-refractivity contribution in [3.8, 4) is 5.69 Å². The third-order valence-electron chi connectivity index (χ3n) is 3.88. The average molecular weight is 358 g/mol. The Labute approximate surface area is 148 Å². The molecule has 0 spiro atoms. The van der Waals surface area contributed by atoms with Gasteiger partial charge in [0, 0.05) is 0 Å². The fourth-order valence-electron chi connectivity index (χ4n) is 2.31. The molecule has 7 nitrogen and oxygen atoms in total. The summed E-state index contributed by atoms with van der Waals surface area (Å²) in [5.41, 5.74) is 2.44. The number of amides is 2. The molecule has 0 aliphatic carbocycles. The van der Waals surface area contributed by atoms with Gasteiger partial charge in [-0.25, -0.2) is 13.6 Å². The van der Waals surface area contributed by atoms with Crippen LogP contribution in [-0.2, 0) is 6.54 Å². The number of rotatable bonds is 4. The van der Waals surface area contributed by atoms with Crippen LogP contribution in [0, 0.1) is 25.5 Å². The molecule has 0 radical (unpaired) electrons. The first-order chi connectivity index (χ1) is 12.5. The van der Waals surface area contributed by atoms with Gasteiger partial charge in [-0.15, -0.1) is 5.10 Å². The smallest absolute Gasteiger partial charge is 0.319 e. The summed E-state index contributed by atoms with van der Waals surface area (Å²) in [5.74, 6) is -1.35. The van der Waals surface area contributed by atoms with Crippen molar-refractivity contribution < 1.29 is 13.6 Å². The summed E-state index contributed by atoms with van der Waals surface area (Å²) >= 11 is 0. The van der Waals surface area contributed by atoms with Gasteiger partial charge in [-0.2, -0.15) is 4.68 Å². The van der Waals surface area contributed by atoms with Crippen LogP contribution in [0.5, 0.6) is 0 Å². The normalized spacial score (nSPS) is 10.6. The first-order valence-corrected chi connectivity index (χ1v) is 7.79. The molecule has 0 aliphatic rings. The molecule has 0 atom stereocenters. The van der Waals surface area contributed by atoms with Gasteiger partial charge in [0.25, 0.3) is 0 Å².